The van der Waals surface area contributed by atoms with E-state index in [1.807, 2.05) is 13.8 Å². The Labute approximate surface area is 135 Å². The summed E-state index contributed by atoms with van der Waals surface area (Å²) in [6, 6.07) is 7.97. The van der Waals surface area contributed by atoms with Crippen molar-refractivity contribution >= 4 is 0 Å². The number of nitriles is 1. The highest BCUT2D eigenvalue weighted by Gasteiger charge is 2.41. The standard InChI is InChI=1S/C17H21FN4O/c1-3-17(4-2,10-19)16(23)15(22-12-20-11-21-22)9-13-5-7-14(18)8-6-13/h5-8,11-12,15-16,23H,3-4,9H2,1-2H3. The van der Waals surface area contributed by atoms with Gasteiger partial charge in [0.25, 0.3) is 0 Å². The molecule has 2 atom stereocenters. The first kappa shape index (κ1) is 17.1. The zero-order chi connectivity index (χ0) is 16.9. The van der Waals surface area contributed by atoms with Crippen molar-refractivity contribution in [2.24, 2.45) is 5.41 Å². The maximum atomic E-state index is 13.1. The molecule has 5 nitrogen and oxygen atoms in total. The van der Waals surface area contributed by atoms with E-state index < -0.39 is 17.6 Å². The van der Waals surface area contributed by atoms with Crippen LogP contribution in [0.25, 0.3) is 0 Å². The van der Waals surface area contributed by atoms with Gasteiger partial charge in [0.05, 0.1) is 23.6 Å². The summed E-state index contributed by atoms with van der Waals surface area (Å²) < 4.78 is 14.7. The molecule has 0 radical (unpaired) electrons. The number of hydrogen-bond acceptors (Lipinski definition) is 4. The third-order valence-electron chi connectivity index (χ3n) is 4.55. The number of benzene rings is 1. The van der Waals surface area contributed by atoms with Crippen LogP contribution in [0.5, 0.6) is 0 Å². The molecular formula is C17H21FN4O. The van der Waals surface area contributed by atoms with Crippen LogP contribution < -0.4 is 0 Å². The van der Waals surface area contributed by atoms with E-state index in [0.29, 0.717) is 19.3 Å². The Morgan fingerprint density at radius 2 is 1.96 bits per heavy atom. The van der Waals surface area contributed by atoms with Crippen LogP contribution in [0.1, 0.15) is 38.3 Å². The van der Waals surface area contributed by atoms with Crippen molar-refractivity contribution in [1.82, 2.24) is 14.8 Å². The zero-order valence-corrected chi connectivity index (χ0v) is 13.4. The van der Waals surface area contributed by atoms with Crippen molar-refractivity contribution in [2.75, 3.05) is 0 Å². The van der Waals surface area contributed by atoms with E-state index in [9.17, 15) is 14.8 Å². The summed E-state index contributed by atoms with van der Waals surface area (Å²) >= 11 is 0. The van der Waals surface area contributed by atoms with Crippen LogP contribution in [0.3, 0.4) is 0 Å². The minimum atomic E-state index is -0.908. The van der Waals surface area contributed by atoms with Gasteiger partial charge in [0.1, 0.15) is 18.5 Å². The number of aliphatic hydroxyl groups excluding tert-OH is 1. The van der Waals surface area contributed by atoms with Gasteiger partial charge < -0.3 is 5.11 Å². The molecule has 0 bridgehead atoms. The first-order valence-corrected chi connectivity index (χ1v) is 7.74. The molecule has 2 aromatic rings. The van der Waals surface area contributed by atoms with E-state index in [-0.39, 0.29) is 5.82 Å². The van der Waals surface area contributed by atoms with Crippen LogP contribution in [-0.4, -0.2) is 26.0 Å². The Balaban J connectivity index is 2.35. The molecule has 2 rings (SSSR count). The van der Waals surface area contributed by atoms with E-state index >= 15 is 0 Å². The fourth-order valence-electron chi connectivity index (χ4n) is 2.86. The maximum absolute atomic E-state index is 13.1. The Kier molecular flexibility index (Phi) is 5.45. The van der Waals surface area contributed by atoms with Crippen LogP contribution in [0, 0.1) is 22.6 Å². The highest BCUT2D eigenvalue weighted by Crippen LogP contribution is 2.36. The van der Waals surface area contributed by atoms with Gasteiger partial charge in [0.2, 0.25) is 0 Å². The molecule has 6 heteroatoms. The quantitative estimate of drug-likeness (QED) is 0.852. The van der Waals surface area contributed by atoms with Gasteiger partial charge in [-0.15, -0.1) is 0 Å². The molecule has 0 saturated carbocycles. The number of aliphatic hydroxyl groups is 1. The van der Waals surface area contributed by atoms with E-state index in [1.54, 1.807) is 16.8 Å². The maximum Gasteiger partial charge on any atom is 0.137 e. The molecule has 0 aliphatic rings. The van der Waals surface area contributed by atoms with Crippen LogP contribution in [-0.2, 0) is 6.42 Å². The topological polar surface area (TPSA) is 74.7 Å². The normalized spacial score (nSPS) is 14.2. The predicted octanol–water partition coefficient (Wildman–Crippen LogP) is 2.89. The lowest BCUT2D eigenvalue weighted by Crippen LogP contribution is -2.41. The second-order valence-electron chi connectivity index (χ2n) is 5.69. The SMILES string of the molecule is CCC(C#N)(CC)C(O)C(Cc1ccc(F)cc1)n1cncn1. The Morgan fingerprint density at radius 3 is 2.43 bits per heavy atom. The van der Waals surface area contributed by atoms with Crippen LogP contribution >= 0.6 is 0 Å². The average Bonchev–Trinajstić information content (AvgIpc) is 3.10. The lowest BCUT2D eigenvalue weighted by molar-refractivity contribution is 0.00871. The summed E-state index contributed by atoms with van der Waals surface area (Å²) in [6.45, 7) is 3.79. The fourth-order valence-corrected chi connectivity index (χ4v) is 2.86. The van der Waals surface area contributed by atoms with Crippen molar-refractivity contribution in [3.63, 3.8) is 0 Å². The van der Waals surface area contributed by atoms with Crippen molar-refractivity contribution in [2.45, 2.75) is 45.3 Å². The van der Waals surface area contributed by atoms with Gasteiger partial charge in [-0.05, 0) is 37.0 Å². The molecule has 0 aliphatic carbocycles. The van der Waals surface area contributed by atoms with Crippen molar-refractivity contribution in [3.05, 3.63) is 48.3 Å². The summed E-state index contributed by atoms with van der Waals surface area (Å²) in [7, 11) is 0. The van der Waals surface area contributed by atoms with Crippen molar-refractivity contribution in [3.8, 4) is 6.07 Å². The smallest absolute Gasteiger partial charge is 0.137 e. The number of halogens is 1. The monoisotopic (exact) mass is 316 g/mol. The number of hydrogen-bond donors (Lipinski definition) is 1. The summed E-state index contributed by atoms with van der Waals surface area (Å²) in [5, 5.41) is 24.6. The minimum absolute atomic E-state index is 0.305. The van der Waals surface area contributed by atoms with Crippen LogP contribution in [0.2, 0.25) is 0 Å². The van der Waals surface area contributed by atoms with Gasteiger partial charge in [-0.25, -0.2) is 14.1 Å². The zero-order valence-electron chi connectivity index (χ0n) is 13.4. The number of nitrogens with zero attached hydrogens (tertiary/aromatic N) is 4. The van der Waals surface area contributed by atoms with Gasteiger partial charge in [0.15, 0.2) is 0 Å². The Morgan fingerprint density at radius 1 is 1.30 bits per heavy atom. The second-order valence-corrected chi connectivity index (χ2v) is 5.69. The lowest BCUT2D eigenvalue weighted by atomic mass is 9.74. The van der Waals surface area contributed by atoms with Crippen LogP contribution in [0.15, 0.2) is 36.9 Å². The van der Waals surface area contributed by atoms with E-state index in [2.05, 4.69) is 16.2 Å². The molecule has 23 heavy (non-hydrogen) atoms. The third-order valence-corrected chi connectivity index (χ3v) is 4.55. The molecule has 1 aromatic heterocycles. The highest BCUT2D eigenvalue weighted by molar-refractivity contribution is 5.18. The Hall–Kier alpha value is -2.26. The highest BCUT2D eigenvalue weighted by atomic mass is 19.1. The summed E-state index contributed by atoms with van der Waals surface area (Å²) in [6.07, 6.45) is 3.54. The molecule has 1 heterocycles. The molecule has 122 valence electrons. The average molecular weight is 316 g/mol. The molecule has 2 unspecified atom stereocenters. The second kappa shape index (κ2) is 7.34. The molecule has 0 amide bonds. The molecule has 0 aliphatic heterocycles. The molecule has 0 fully saturated rings. The van der Waals surface area contributed by atoms with Gasteiger partial charge in [-0.1, -0.05) is 26.0 Å². The summed E-state index contributed by atoms with van der Waals surface area (Å²) in [5.74, 6) is -0.305. The first-order chi connectivity index (χ1) is 11.1. The summed E-state index contributed by atoms with van der Waals surface area (Å²) in [5.41, 5.74) is 0.0152. The molecule has 1 N–H and O–H groups in total. The molecule has 1 aromatic carbocycles. The van der Waals surface area contributed by atoms with Gasteiger partial charge in [0, 0.05) is 0 Å². The van der Waals surface area contributed by atoms with E-state index in [0.717, 1.165) is 5.56 Å². The number of rotatable bonds is 7. The predicted molar refractivity (Wildman–Crippen MR) is 83.8 cm³/mol. The van der Waals surface area contributed by atoms with Gasteiger partial charge >= 0.3 is 0 Å². The summed E-state index contributed by atoms with van der Waals surface area (Å²) in [4.78, 5) is 3.94. The minimum Gasteiger partial charge on any atom is -0.389 e. The Bertz CT molecular complexity index is 644. The van der Waals surface area contributed by atoms with E-state index in [4.69, 9.17) is 0 Å². The first-order valence-electron chi connectivity index (χ1n) is 7.74. The largest absolute Gasteiger partial charge is 0.389 e. The molecular weight excluding hydrogens is 295 g/mol. The molecule has 0 spiro atoms. The van der Waals surface area contributed by atoms with Gasteiger partial charge in [-0.2, -0.15) is 10.4 Å². The van der Waals surface area contributed by atoms with Gasteiger partial charge in [-0.3, -0.25) is 0 Å². The van der Waals surface area contributed by atoms with E-state index in [1.165, 1.54) is 24.8 Å². The third kappa shape index (κ3) is 3.57. The molecule has 0 saturated heterocycles. The van der Waals surface area contributed by atoms with Crippen molar-refractivity contribution < 1.29 is 9.50 Å². The van der Waals surface area contributed by atoms with Crippen molar-refractivity contribution in [1.29, 1.82) is 5.26 Å². The number of aromatic nitrogens is 3. The van der Waals surface area contributed by atoms with Crippen LogP contribution in [0.4, 0.5) is 4.39 Å². The lowest BCUT2D eigenvalue weighted by Gasteiger charge is -2.35. The fraction of sp³-hybridized carbons (Fsp3) is 0.471.